The molecule has 3 heteroatoms. The average molecular weight is 329 g/mol. The van der Waals surface area contributed by atoms with Crippen LogP contribution < -0.4 is 5.32 Å². The van der Waals surface area contributed by atoms with Crippen molar-refractivity contribution >= 4 is 17.4 Å². The molecule has 124 valence electrons. The summed E-state index contributed by atoms with van der Waals surface area (Å²) in [6.07, 6.45) is 0. The Kier molecular flexibility index (Phi) is 4.75. The Labute approximate surface area is 147 Å². The van der Waals surface area contributed by atoms with Crippen LogP contribution in [-0.4, -0.2) is 11.7 Å². The van der Waals surface area contributed by atoms with E-state index in [-0.39, 0.29) is 11.7 Å². The Morgan fingerprint density at radius 2 is 1.36 bits per heavy atom. The number of ketones is 1. The highest BCUT2D eigenvalue weighted by atomic mass is 16.2. The molecule has 0 aliphatic carbocycles. The number of anilines is 1. The molecule has 1 N–H and O–H groups in total. The van der Waals surface area contributed by atoms with E-state index in [2.05, 4.69) is 5.32 Å². The van der Waals surface area contributed by atoms with Gasteiger partial charge in [0.1, 0.15) is 0 Å². The van der Waals surface area contributed by atoms with Crippen molar-refractivity contribution in [3.63, 3.8) is 0 Å². The molecule has 3 aromatic carbocycles. The molecule has 0 spiro atoms. The highest BCUT2D eigenvalue weighted by Crippen LogP contribution is 2.21. The monoisotopic (exact) mass is 329 g/mol. The van der Waals surface area contributed by atoms with Gasteiger partial charge in [-0.1, -0.05) is 60.7 Å². The van der Waals surface area contributed by atoms with Gasteiger partial charge in [0.25, 0.3) is 5.91 Å². The largest absolute Gasteiger partial charge is 0.322 e. The zero-order chi connectivity index (χ0) is 17.8. The summed E-state index contributed by atoms with van der Waals surface area (Å²) in [6, 6.07) is 21.6. The molecule has 0 atom stereocenters. The second-order valence-corrected chi connectivity index (χ2v) is 5.94. The van der Waals surface area contributed by atoms with Gasteiger partial charge in [-0.2, -0.15) is 0 Å². The van der Waals surface area contributed by atoms with Crippen LogP contribution in [-0.2, 0) is 0 Å². The molecule has 3 aromatic rings. The van der Waals surface area contributed by atoms with Crippen LogP contribution in [0.1, 0.15) is 37.4 Å². The Balaban J connectivity index is 1.94. The van der Waals surface area contributed by atoms with Crippen LogP contribution >= 0.6 is 0 Å². The first-order valence-corrected chi connectivity index (χ1v) is 8.14. The van der Waals surface area contributed by atoms with Gasteiger partial charge in [0, 0.05) is 16.8 Å². The normalized spacial score (nSPS) is 10.3. The molecule has 0 unspecified atom stereocenters. The minimum Gasteiger partial charge on any atom is -0.322 e. The molecule has 0 bridgehead atoms. The summed E-state index contributed by atoms with van der Waals surface area (Å²) < 4.78 is 0. The van der Waals surface area contributed by atoms with Crippen LogP contribution in [0, 0.1) is 13.8 Å². The van der Waals surface area contributed by atoms with Gasteiger partial charge < -0.3 is 5.32 Å². The second kappa shape index (κ2) is 7.14. The maximum atomic E-state index is 12.8. The molecule has 1 amide bonds. The third-order valence-corrected chi connectivity index (χ3v) is 4.31. The van der Waals surface area contributed by atoms with Gasteiger partial charge in [-0.05, 0) is 37.1 Å². The van der Waals surface area contributed by atoms with Crippen molar-refractivity contribution in [1.29, 1.82) is 0 Å². The van der Waals surface area contributed by atoms with Crippen molar-refractivity contribution in [2.24, 2.45) is 0 Å². The third kappa shape index (κ3) is 3.50. The van der Waals surface area contributed by atoms with Gasteiger partial charge in [-0.3, -0.25) is 9.59 Å². The average Bonchev–Trinajstić information content (AvgIpc) is 2.65. The molecule has 25 heavy (non-hydrogen) atoms. The quantitative estimate of drug-likeness (QED) is 0.700. The van der Waals surface area contributed by atoms with E-state index in [1.165, 1.54) is 0 Å². The smallest absolute Gasteiger partial charge is 0.256 e. The Morgan fingerprint density at radius 3 is 2.08 bits per heavy atom. The first-order valence-electron chi connectivity index (χ1n) is 8.14. The molecule has 0 fully saturated rings. The van der Waals surface area contributed by atoms with Crippen molar-refractivity contribution in [2.45, 2.75) is 13.8 Å². The van der Waals surface area contributed by atoms with Crippen LogP contribution in [0.3, 0.4) is 0 Å². The topological polar surface area (TPSA) is 46.2 Å². The molecular weight excluding hydrogens is 310 g/mol. The van der Waals surface area contributed by atoms with Crippen molar-refractivity contribution in [1.82, 2.24) is 0 Å². The Morgan fingerprint density at radius 1 is 0.720 bits per heavy atom. The number of rotatable bonds is 4. The van der Waals surface area contributed by atoms with Crippen LogP contribution in [0.2, 0.25) is 0 Å². The third-order valence-electron chi connectivity index (χ3n) is 4.31. The van der Waals surface area contributed by atoms with Crippen LogP contribution in [0.25, 0.3) is 0 Å². The lowest BCUT2D eigenvalue weighted by atomic mass is 9.97. The second-order valence-electron chi connectivity index (χ2n) is 5.94. The summed E-state index contributed by atoms with van der Waals surface area (Å²) in [6.45, 7) is 3.96. The number of carbonyl (C=O) groups is 2. The van der Waals surface area contributed by atoms with Crippen molar-refractivity contribution in [2.75, 3.05) is 5.32 Å². The Bertz CT molecular complexity index is 930. The maximum Gasteiger partial charge on any atom is 0.256 e. The van der Waals surface area contributed by atoms with E-state index >= 15 is 0 Å². The molecule has 0 aromatic heterocycles. The van der Waals surface area contributed by atoms with E-state index in [0.717, 1.165) is 16.8 Å². The molecule has 0 saturated carbocycles. The summed E-state index contributed by atoms with van der Waals surface area (Å²) in [5, 5.41) is 2.92. The number of aryl methyl sites for hydroxylation is 1. The van der Waals surface area contributed by atoms with Gasteiger partial charge in [0.15, 0.2) is 5.78 Å². The van der Waals surface area contributed by atoms with E-state index in [9.17, 15) is 9.59 Å². The maximum absolute atomic E-state index is 12.8. The molecule has 0 aliphatic heterocycles. The van der Waals surface area contributed by atoms with Gasteiger partial charge in [0.05, 0.1) is 5.56 Å². The molecule has 0 radical (unpaired) electrons. The van der Waals surface area contributed by atoms with Crippen LogP contribution in [0.5, 0.6) is 0 Å². The highest BCUT2D eigenvalue weighted by Gasteiger charge is 2.18. The summed E-state index contributed by atoms with van der Waals surface area (Å²) in [7, 11) is 0. The summed E-state index contributed by atoms with van der Waals surface area (Å²) in [4.78, 5) is 25.5. The molecular formula is C22H19NO2. The van der Waals surface area contributed by atoms with Crippen molar-refractivity contribution in [3.8, 4) is 0 Å². The van der Waals surface area contributed by atoms with E-state index < -0.39 is 0 Å². The van der Waals surface area contributed by atoms with Crippen LogP contribution in [0.4, 0.5) is 5.69 Å². The minimum absolute atomic E-state index is 0.160. The lowest BCUT2D eigenvalue weighted by Crippen LogP contribution is -2.17. The lowest BCUT2D eigenvalue weighted by molar-refractivity contribution is 0.0996. The SMILES string of the molecule is Cc1cccc(NC(=O)c2ccccc2C(=O)c2ccccc2)c1C. The van der Waals surface area contributed by atoms with E-state index in [4.69, 9.17) is 0 Å². The summed E-state index contributed by atoms with van der Waals surface area (Å²) in [5.41, 5.74) is 4.21. The number of hydrogen-bond acceptors (Lipinski definition) is 2. The zero-order valence-electron chi connectivity index (χ0n) is 14.2. The summed E-state index contributed by atoms with van der Waals surface area (Å²) >= 11 is 0. The lowest BCUT2D eigenvalue weighted by Gasteiger charge is -2.12. The van der Waals surface area contributed by atoms with E-state index in [1.807, 2.05) is 50.2 Å². The van der Waals surface area contributed by atoms with Gasteiger partial charge in [0.2, 0.25) is 0 Å². The zero-order valence-corrected chi connectivity index (χ0v) is 14.2. The van der Waals surface area contributed by atoms with Gasteiger partial charge >= 0.3 is 0 Å². The van der Waals surface area contributed by atoms with Gasteiger partial charge in [-0.15, -0.1) is 0 Å². The number of hydrogen-bond donors (Lipinski definition) is 1. The van der Waals surface area contributed by atoms with E-state index in [0.29, 0.717) is 16.7 Å². The molecule has 0 saturated heterocycles. The van der Waals surface area contributed by atoms with Crippen molar-refractivity contribution < 1.29 is 9.59 Å². The fraction of sp³-hybridized carbons (Fsp3) is 0.0909. The highest BCUT2D eigenvalue weighted by molar-refractivity contribution is 6.17. The van der Waals surface area contributed by atoms with Gasteiger partial charge in [-0.25, -0.2) is 0 Å². The summed E-state index contributed by atoms with van der Waals surface area (Å²) in [5.74, 6) is -0.444. The Hall–Kier alpha value is -3.20. The van der Waals surface area contributed by atoms with E-state index in [1.54, 1.807) is 36.4 Å². The predicted molar refractivity (Wildman–Crippen MR) is 100 cm³/mol. The number of amides is 1. The minimum atomic E-state index is -0.284. The standard InChI is InChI=1S/C22H19NO2/c1-15-9-8-14-20(16(15)2)23-22(25)19-13-7-6-12-18(19)21(24)17-10-4-3-5-11-17/h3-14H,1-2H3,(H,23,25). The molecule has 0 heterocycles. The fourth-order valence-corrected chi connectivity index (χ4v) is 2.70. The first kappa shape index (κ1) is 16.7. The first-order chi connectivity index (χ1) is 12.1. The molecule has 3 rings (SSSR count). The number of nitrogens with one attached hydrogen (secondary N) is 1. The predicted octanol–water partition coefficient (Wildman–Crippen LogP) is 4.79. The molecule has 3 nitrogen and oxygen atoms in total. The number of carbonyl (C=O) groups excluding carboxylic acids is 2. The fourth-order valence-electron chi connectivity index (χ4n) is 2.70. The van der Waals surface area contributed by atoms with Crippen molar-refractivity contribution in [3.05, 3.63) is 101 Å². The molecule has 0 aliphatic rings. The van der Waals surface area contributed by atoms with Crippen LogP contribution in [0.15, 0.2) is 72.8 Å². The number of benzene rings is 3.